The van der Waals surface area contributed by atoms with Crippen LogP contribution in [0.4, 0.5) is 0 Å². The van der Waals surface area contributed by atoms with Gasteiger partial charge >= 0.3 is 5.97 Å². The molecule has 2 rings (SSSR count). The number of hydrogen-bond acceptors (Lipinski definition) is 2. The fourth-order valence-electron chi connectivity index (χ4n) is 2.21. The average Bonchev–Trinajstić information content (AvgIpc) is 2.64. The van der Waals surface area contributed by atoms with E-state index < -0.39 is 5.97 Å². The van der Waals surface area contributed by atoms with E-state index in [1.807, 2.05) is 37.3 Å². The van der Waals surface area contributed by atoms with Crippen LogP contribution in [0.2, 0.25) is 0 Å². The number of hydrogen-bond donors (Lipinski definition) is 1. The van der Waals surface area contributed by atoms with E-state index >= 15 is 0 Å². The van der Waals surface area contributed by atoms with Gasteiger partial charge in [0, 0.05) is 10.9 Å². The molecular weight excluding hydrogens is 216 g/mol. The fraction of sp³-hybridized carbons (Fsp3) is 0.231. The molecule has 0 atom stereocenters. The molecule has 0 saturated carbocycles. The summed E-state index contributed by atoms with van der Waals surface area (Å²) in [7, 11) is 0. The van der Waals surface area contributed by atoms with Crippen molar-refractivity contribution in [3.05, 3.63) is 35.5 Å². The molecular formula is C13H12N2O2. The largest absolute Gasteiger partial charge is 0.477 e. The SMILES string of the molecule is CCc1c(C(=O)O)n(CC#N)c2ccccc12. The Morgan fingerprint density at radius 1 is 1.47 bits per heavy atom. The van der Waals surface area contributed by atoms with Gasteiger partial charge in [-0.1, -0.05) is 25.1 Å². The molecule has 1 N–H and O–H groups in total. The number of carbonyl (C=O) groups is 1. The molecule has 1 aromatic heterocycles. The van der Waals surface area contributed by atoms with Crippen molar-refractivity contribution in [2.75, 3.05) is 0 Å². The highest BCUT2D eigenvalue weighted by Gasteiger charge is 2.20. The van der Waals surface area contributed by atoms with Crippen molar-refractivity contribution in [2.24, 2.45) is 0 Å². The molecule has 4 nitrogen and oxygen atoms in total. The lowest BCUT2D eigenvalue weighted by Gasteiger charge is -2.03. The minimum absolute atomic E-state index is 0.0577. The molecule has 0 aliphatic heterocycles. The Balaban J connectivity index is 2.88. The van der Waals surface area contributed by atoms with Gasteiger partial charge in [0.25, 0.3) is 0 Å². The zero-order valence-corrected chi connectivity index (χ0v) is 9.47. The topological polar surface area (TPSA) is 66.0 Å². The smallest absolute Gasteiger partial charge is 0.352 e. The number of carboxylic acids is 1. The van der Waals surface area contributed by atoms with Crippen molar-refractivity contribution in [2.45, 2.75) is 19.9 Å². The first-order chi connectivity index (χ1) is 8.20. The summed E-state index contributed by atoms with van der Waals surface area (Å²) in [5.74, 6) is -0.978. The molecule has 17 heavy (non-hydrogen) atoms. The number of para-hydroxylation sites is 1. The van der Waals surface area contributed by atoms with Crippen LogP contribution >= 0.6 is 0 Å². The van der Waals surface area contributed by atoms with Crippen molar-refractivity contribution in [1.82, 2.24) is 4.57 Å². The van der Waals surface area contributed by atoms with Crippen LogP contribution in [-0.2, 0) is 13.0 Å². The minimum Gasteiger partial charge on any atom is -0.477 e. The third-order valence-electron chi connectivity index (χ3n) is 2.86. The lowest BCUT2D eigenvalue weighted by molar-refractivity contribution is 0.0685. The Hall–Kier alpha value is -2.28. The summed E-state index contributed by atoms with van der Waals surface area (Å²) in [5, 5.41) is 19.0. The van der Waals surface area contributed by atoms with E-state index in [0.29, 0.717) is 6.42 Å². The number of aryl methyl sites for hydroxylation is 1. The minimum atomic E-state index is -0.978. The predicted molar refractivity (Wildman–Crippen MR) is 63.9 cm³/mol. The monoisotopic (exact) mass is 228 g/mol. The molecule has 0 aliphatic carbocycles. The maximum Gasteiger partial charge on any atom is 0.352 e. The second-order valence-corrected chi connectivity index (χ2v) is 3.75. The van der Waals surface area contributed by atoms with Crippen LogP contribution in [-0.4, -0.2) is 15.6 Å². The van der Waals surface area contributed by atoms with E-state index in [4.69, 9.17) is 5.26 Å². The highest BCUT2D eigenvalue weighted by atomic mass is 16.4. The third kappa shape index (κ3) is 1.66. The molecule has 0 radical (unpaired) electrons. The standard InChI is InChI=1S/C13H12N2O2/c1-2-9-10-5-3-4-6-11(10)15(8-7-14)12(9)13(16)17/h3-6H,2,8H2,1H3,(H,16,17). The normalized spacial score (nSPS) is 10.4. The van der Waals surface area contributed by atoms with Crippen LogP contribution < -0.4 is 0 Å². The van der Waals surface area contributed by atoms with E-state index in [1.165, 1.54) is 0 Å². The van der Waals surface area contributed by atoms with Gasteiger partial charge in [-0.15, -0.1) is 0 Å². The van der Waals surface area contributed by atoms with Gasteiger partial charge in [-0.25, -0.2) is 4.79 Å². The maximum absolute atomic E-state index is 11.3. The fourth-order valence-corrected chi connectivity index (χ4v) is 2.21. The molecule has 0 saturated heterocycles. The Bertz CT molecular complexity index is 620. The van der Waals surface area contributed by atoms with Gasteiger partial charge in [-0.3, -0.25) is 0 Å². The highest BCUT2D eigenvalue weighted by Crippen LogP contribution is 2.26. The van der Waals surface area contributed by atoms with Crippen molar-refractivity contribution < 1.29 is 9.90 Å². The van der Waals surface area contributed by atoms with E-state index in [-0.39, 0.29) is 12.2 Å². The van der Waals surface area contributed by atoms with Gasteiger partial charge in [0.2, 0.25) is 0 Å². The van der Waals surface area contributed by atoms with Crippen LogP contribution in [0.15, 0.2) is 24.3 Å². The lowest BCUT2D eigenvalue weighted by atomic mass is 10.1. The first-order valence-corrected chi connectivity index (χ1v) is 5.41. The summed E-state index contributed by atoms with van der Waals surface area (Å²) in [5.41, 5.74) is 1.84. The van der Waals surface area contributed by atoms with E-state index in [1.54, 1.807) is 4.57 Å². The van der Waals surface area contributed by atoms with Crippen molar-refractivity contribution >= 4 is 16.9 Å². The Morgan fingerprint density at radius 3 is 2.76 bits per heavy atom. The number of benzene rings is 1. The highest BCUT2D eigenvalue weighted by molar-refractivity contribution is 5.98. The van der Waals surface area contributed by atoms with Crippen LogP contribution in [0.3, 0.4) is 0 Å². The number of aromatic nitrogens is 1. The first kappa shape index (κ1) is 11.2. The average molecular weight is 228 g/mol. The number of carboxylic acid groups (broad SMARTS) is 1. The summed E-state index contributed by atoms with van der Waals surface area (Å²) in [6.07, 6.45) is 0.639. The molecule has 1 aromatic carbocycles. The van der Waals surface area contributed by atoms with Crippen molar-refractivity contribution in [3.8, 4) is 6.07 Å². The number of nitrogens with zero attached hydrogens (tertiary/aromatic N) is 2. The van der Waals surface area contributed by atoms with E-state index in [9.17, 15) is 9.90 Å². The maximum atomic E-state index is 11.3. The quantitative estimate of drug-likeness (QED) is 0.877. The Morgan fingerprint density at radius 2 is 2.18 bits per heavy atom. The summed E-state index contributed by atoms with van der Waals surface area (Å²) >= 11 is 0. The molecule has 0 spiro atoms. The summed E-state index contributed by atoms with van der Waals surface area (Å²) in [4.78, 5) is 11.3. The predicted octanol–water partition coefficient (Wildman–Crippen LogP) is 2.43. The molecule has 0 bridgehead atoms. The van der Waals surface area contributed by atoms with Gasteiger partial charge < -0.3 is 9.67 Å². The Labute approximate surface area is 98.7 Å². The third-order valence-corrected chi connectivity index (χ3v) is 2.86. The number of rotatable bonds is 3. The summed E-state index contributed by atoms with van der Waals surface area (Å²) in [6, 6.07) is 9.48. The zero-order valence-electron chi connectivity index (χ0n) is 9.47. The molecule has 0 amide bonds. The van der Waals surface area contributed by atoms with Crippen LogP contribution in [0.5, 0.6) is 0 Å². The van der Waals surface area contributed by atoms with Gasteiger partial charge in [-0.05, 0) is 18.1 Å². The van der Waals surface area contributed by atoms with Crippen molar-refractivity contribution in [1.29, 1.82) is 5.26 Å². The Kier molecular flexibility index (Phi) is 2.84. The van der Waals surface area contributed by atoms with Gasteiger partial charge in [0.15, 0.2) is 0 Å². The summed E-state index contributed by atoms with van der Waals surface area (Å²) < 4.78 is 1.57. The van der Waals surface area contributed by atoms with Gasteiger partial charge in [-0.2, -0.15) is 5.26 Å². The molecule has 0 fully saturated rings. The second kappa shape index (κ2) is 4.30. The zero-order chi connectivity index (χ0) is 12.4. The van der Waals surface area contributed by atoms with Crippen LogP contribution in [0, 0.1) is 11.3 Å². The van der Waals surface area contributed by atoms with E-state index in [0.717, 1.165) is 16.5 Å². The van der Waals surface area contributed by atoms with Gasteiger partial charge in [0.05, 0.1) is 6.07 Å². The molecule has 4 heteroatoms. The molecule has 1 heterocycles. The first-order valence-electron chi connectivity index (χ1n) is 5.41. The van der Waals surface area contributed by atoms with Crippen LogP contribution in [0.25, 0.3) is 10.9 Å². The molecule has 0 unspecified atom stereocenters. The molecule has 86 valence electrons. The summed E-state index contributed by atoms with van der Waals surface area (Å²) in [6.45, 7) is 1.98. The van der Waals surface area contributed by atoms with E-state index in [2.05, 4.69) is 0 Å². The number of aromatic carboxylic acids is 1. The van der Waals surface area contributed by atoms with Crippen LogP contribution in [0.1, 0.15) is 23.0 Å². The molecule has 0 aliphatic rings. The second-order valence-electron chi connectivity index (χ2n) is 3.75. The van der Waals surface area contributed by atoms with Gasteiger partial charge in [0.1, 0.15) is 12.2 Å². The number of fused-ring (bicyclic) bond motifs is 1. The lowest BCUT2D eigenvalue weighted by Crippen LogP contribution is -2.09. The van der Waals surface area contributed by atoms with Crippen molar-refractivity contribution in [3.63, 3.8) is 0 Å². The molecule has 2 aromatic rings. The number of nitriles is 1.